The van der Waals surface area contributed by atoms with Gasteiger partial charge in [-0.15, -0.1) is 0 Å². The maximum atomic E-state index is 6.02. The molecular weight excluding hydrogens is 208 g/mol. The standard InChI is InChI=1S/C15H30N2/c1-2-11-17(12-13-5-3-4-6-13)15-9-7-14(16)8-10-15/h13-15H,2-12,16H2,1H3. The van der Waals surface area contributed by atoms with Gasteiger partial charge >= 0.3 is 0 Å². The monoisotopic (exact) mass is 238 g/mol. The summed E-state index contributed by atoms with van der Waals surface area (Å²) in [6.07, 6.45) is 12.4. The van der Waals surface area contributed by atoms with Crippen molar-refractivity contribution in [3.8, 4) is 0 Å². The van der Waals surface area contributed by atoms with Gasteiger partial charge in [0.25, 0.3) is 0 Å². The van der Waals surface area contributed by atoms with Gasteiger partial charge in [0.2, 0.25) is 0 Å². The fourth-order valence-electron chi connectivity index (χ4n) is 3.70. The summed E-state index contributed by atoms with van der Waals surface area (Å²) in [6, 6.07) is 1.33. The van der Waals surface area contributed by atoms with Crippen LogP contribution in [0.15, 0.2) is 0 Å². The van der Waals surface area contributed by atoms with Crippen LogP contribution in [0.3, 0.4) is 0 Å². The number of nitrogens with zero attached hydrogens (tertiary/aromatic N) is 1. The summed E-state index contributed by atoms with van der Waals surface area (Å²) in [5.41, 5.74) is 6.02. The van der Waals surface area contributed by atoms with Crippen molar-refractivity contribution < 1.29 is 0 Å². The van der Waals surface area contributed by atoms with Crippen molar-refractivity contribution in [3.63, 3.8) is 0 Å². The molecular formula is C15H30N2. The van der Waals surface area contributed by atoms with Crippen LogP contribution in [0, 0.1) is 5.92 Å². The highest BCUT2D eigenvalue weighted by Gasteiger charge is 2.26. The molecule has 0 aromatic heterocycles. The zero-order chi connectivity index (χ0) is 12.1. The molecule has 0 aliphatic heterocycles. The third-order valence-electron chi connectivity index (χ3n) is 4.74. The van der Waals surface area contributed by atoms with E-state index in [0.29, 0.717) is 6.04 Å². The summed E-state index contributed by atoms with van der Waals surface area (Å²) < 4.78 is 0. The lowest BCUT2D eigenvalue weighted by Gasteiger charge is -2.37. The first-order chi connectivity index (χ1) is 8.29. The van der Waals surface area contributed by atoms with Crippen LogP contribution >= 0.6 is 0 Å². The second-order valence-electron chi connectivity index (χ2n) is 6.21. The molecule has 2 N–H and O–H groups in total. The molecule has 2 saturated carbocycles. The minimum absolute atomic E-state index is 0.487. The van der Waals surface area contributed by atoms with E-state index in [4.69, 9.17) is 5.73 Å². The predicted molar refractivity (Wildman–Crippen MR) is 74.1 cm³/mol. The number of hydrogen-bond donors (Lipinski definition) is 1. The fourth-order valence-corrected chi connectivity index (χ4v) is 3.70. The predicted octanol–water partition coefficient (Wildman–Crippen LogP) is 3.16. The molecule has 2 heteroatoms. The van der Waals surface area contributed by atoms with Crippen molar-refractivity contribution in [1.29, 1.82) is 0 Å². The van der Waals surface area contributed by atoms with Crippen molar-refractivity contribution in [2.45, 2.75) is 76.8 Å². The minimum Gasteiger partial charge on any atom is -0.328 e. The molecule has 2 aliphatic rings. The first-order valence-corrected chi connectivity index (χ1v) is 7.79. The van der Waals surface area contributed by atoms with Crippen molar-refractivity contribution in [1.82, 2.24) is 4.90 Å². The fraction of sp³-hybridized carbons (Fsp3) is 1.00. The third kappa shape index (κ3) is 3.96. The Bertz CT molecular complexity index is 203. The van der Waals surface area contributed by atoms with E-state index in [9.17, 15) is 0 Å². The smallest absolute Gasteiger partial charge is 0.00965 e. The zero-order valence-electron chi connectivity index (χ0n) is 11.5. The van der Waals surface area contributed by atoms with Gasteiger partial charge in [-0.05, 0) is 57.4 Å². The summed E-state index contributed by atoms with van der Waals surface area (Å²) in [4.78, 5) is 2.79. The Morgan fingerprint density at radius 1 is 1.00 bits per heavy atom. The molecule has 0 spiro atoms. The van der Waals surface area contributed by atoms with E-state index in [2.05, 4.69) is 11.8 Å². The van der Waals surface area contributed by atoms with E-state index in [1.807, 2.05) is 0 Å². The Labute approximate surface area is 107 Å². The Balaban J connectivity index is 1.82. The molecule has 100 valence electrons. The molecule has 2 rings (SSSR count). The summed E-state index contributed by atoms with van der Waals surface area (Å²) in [6.45, 7) is 4.99. The van der Waals surface area contributed by atoms with Gasteiger partial charge < -0.3 is 10.6 Å². The molecule has 0 bridgehead atoms. The van der Waals surface area contributed by atoms with E-state index in [0.717, 1.165) is 12.0 Å². The van der Waals surface area contributed by atoms with Gasteiger partial charge in [-0.1, -0.05) is 19.8 Å². The van der Waals surface area contributed by atoms with Crippen LogP contribution < -0.4 is 5.73 Å². The lowest BCUT2D eigenvalue weighted by molar-refractivity contribution is 0.129. The van der Waals surface area contributed by atoms with Crippen LogP contribution in [0.2, 0.25) is 0 Å². The van der Waals surface area contributed by atoms with Gasteiger partial charge in [-0.25, -0.2) is 0 Å². The lowest BCUT2D eigenvalue weighted by Crippen LogP contribution is -2.43. The summed E-state index contributed by atoms with van der Waals surface area (Å²) in [5, 5.41) is 0. The first kappa shape index (κ1) is 13.4. The molecule has 2 fully saturated rings. The van der Waals surface area contributed by atoms with E-state index >= 15 is 0 Å². The molecule has 2 nitrogen and oxygen atoms in total. The zero-order valence-corrected chi connectivity index (χ0v) is 11.5. The molecule has 0 aromatic carbocycles. The topological polar surface area (TPSA) is 29.3 Å². The number of hydrogen-bond acceptors (Lipinski definition) is 2. The van der Waals surface area contributed by atoms with Gasteiger partial charge in [0.15, 0.2) is 0 Å². The molecule has 0 radical (unpaired) electrons. The summed E-state index contributed by atoms with van der Waals surface area (Å²) in [5.74, 6) is 0.997. The quantitative estimate of drug-likeness (QED) is 0.797. The molecule has 0 amide bonds. The van der Waals surface area contributed by atoms with Crippen LogP contribution in [0.4, 0.5) is 0 Å². The first-order valence-electron chi connectivity index (χ1n) is 7.79. The average molecular weight is 238 g/mol. The SMILES string of the molecule is CCCN(CC1CCCC1)C1CCC(N)CC1. The van der Waals surface area contributed by atoms with Crippen LogP contribution in [0.1, 0.15) is 64.7 Å². The van der Waals surface area contributed by atoms with Crippen molar-refractivity contribution in [2.24, 2.45) is 11.7 Å². The number of rotatable bonds is 5. The molecule has 17 heavy (non-hydrogen) atoms. The van der Waals surface area contributed by atoms with Crippen LogP contribution in [0.25, 0.3) is 0 Å². The van der Waals surface area contributed by atoms with E-state index in [1.54, 1.807) is 0 Å². The lowest BCUT2D eigenvalue weighted by atomic mass is 9.90. The maximum absolute atomic E-state index is 6.02. The average Bonchev–Trinajstić information content (AvgIpc) is 2.82. The van der Waals surface area contributed by atoms with Gasteiger partial charge in [-0.3, -0.25) is 0 Å². The van der Waals surface area contributed by atoms with Crippen molar-refractivity contribution in [3.05, 3.63) is 0 Å². The van der Waals surface area contributed by atoms with E-state index < -0.39 is 0 Å². The van der Waals surface area contributed by atoms with Gasteiger partial charge in [0, 0.05) is 18.6 Å². The van der Waals surface area contributed by atoms with Crippen molar-refractivity contribution >= 4 is 0 Å². The molecule has 0 atom stereocenters. The summed E-state index contributed by atoms with van der Waals surface area (Å²) in [7, 11) is 0. The molecule has 2 aliphatic carbocycles. The molecule has 0 saturated heterocycles. The highest BCUT2D eigenvalue weighted by Crippen LogP contribution is 2.29. The molecule has 0 heterocycles. The maximum Gasteiger partial charge on any atom is 0.00965 e. The largest absolute Gasteiger partial charge is 0.328 e. The normalized spacial score (nSPS) is 31.2. The van der Waals surface area contributed by atoms with Crippen LogP contribution in [-0.2, 0) is 0 Å². The molecule has 0 aromatic rings. The van der Waals surface area contributed by atoms with Crippen LogP contribution in [0.5, 0.6) is 0 Å². The van der Waals surface area contributed by atoms with Gasteiger partial charge in [0.1, 0.15) is 0 Å². The van der Waals surface area contributed by atoms with Crippen LogP contribution in [-0.4, -0.2) is 30.1 Å². The highest BCUT2D eigenvalue weighted by atomic mass is 15.2. The second kappa shape index (κ2) is 6.75. The number of nitrogens with two attached hydrogens (primary N) is 1. The summed E-state index contributed by atoms with van der Waals surface area (Å²) >= 11 is 0. The third-order valence-corrected chi connectivity index (χ3v) is 4.74. The Morgan fingerprint density at radius 3 is 2.24 bits per heavy atom. The Kier molecular flexibility index (Phi) is 5.30. The second-order valence-corrected chi connectivity index (χ2v) is 6.21. The Morgan fingerprint density at radius 2 is 1.65 bits per heavy atom. The van der Waals surface area contributed by atoms with Gasteiger partial charge in [0.05, 0.1) is 0 Å². The minimum atomic E-state index is 0.487. The Hall–Kier alpha value is -0.0800. The highest BCUT2D eigenvalue weighted by molar-refractivity contribution is 4.83. The van der Waals surface area contributed by atoms with E-state index in [-0.39, 0.29) is 0 Å². The molecule has 0 unspecified atom stereocenters. The van der Waals surface area contributed by atoms with Crippen molar-refractivity contribution in [2.75, 3.05) is 13.1 Å². The van der Waals surface area contributed by atoms with E-state index in [1.165, 1.54) is 70.9 Å². The van der Waals surface area contributed by atoms with Gasteiger partial charge in [-0.2, -0.15) is 0 Å².